The quantitative estimate of drug-likeness (QED) is 0.594. The average Bonchev–Trinajstić information content (AvgIpc) is 1.89. The summed E-state index contributed by atoms with van der Waals surface area (Å²) in [7, 11) is 0. The van der Waals surface area contributed by atoms with E-state index in [9.17, 15) is 4.39 Å². The van der Waals surface area contributed by atoms with Crippen molar-refractivity contribution in [2.45, 2.75) is 12.2 Å². The second-order valence-electron chi connectivity index (χ2n) is 1.94. The molecule has 1 nitrogen and oxygen atoms in total. The number of nitrogens with one attached hydrogen (secondary N) is 1. The first-order chi connectivity index (χ1) is 4.31. The minimum Gasteiger partial charge on any atom is -0.313 e. The molecule has 56 valence electrons. The first kappa shape index (κ1) is 9.24. The van der Waals surface area contributed by atoms with E-state index in [4.69, 9.17) is 0 Å². The molecule has 0 rings (SSSR count). The zero-order chi connectivity index (χ0) is 7.11. The van der Waals surface area contributed by atoms with E-state index in [-0.39, 0.29) is 6.67 Å². The van der Waals surface area contributed by atoms with Crippen molar-refractivity contribution in [3.63, 3.8) is 0 Å². The molecular formula is C6H14FNS. The fourth-order valence-corrected chi connectivity index (χ4v) is 0.740. The van der Waals surface area contributed by atoms with Gasteiger partial charge in [0.05, 0.1) is 0 Å². The molecule has 0 fully saturated rings. The van der Waals surface area contributed by atoms with Crippen LogP contribution in [0.3, 0.4) is 0 Å². The smallest absolute Gasteiger partial charge is 0.102 e. The molecule has 1 atom stereocenters. The molecule has 1 N–H and O–H groups in total. The Bertz CT molecular complexity index is 61.0. The van der Waals surface area contributed by atoms with Gasteiger partial charge in [0.2, 0.25) is 0 Å². The summed E-state index contributed by atoms with van der Waals surface area (Å²) in [6.45, 7) is 3.26. The maximum atomic E-state index is 11.5. The van der Waals surface area contributed by atoms with Gasteiger partial charge in [0.1, 0.15) is 6.67 Å². The lowest BCUT2D eigenvalue weighted by Gasteiger charge is -2.06. The van der Waals surface area contributed by atoms with Crippen LogP contribution in [0.1, 0.15) is 6.92 Å². The van der Waals surface area contributed by atoms with Gasteiger partial charge in [0.25, 0.3) is 0 Å². The van der Waals surface area contributed by atoms with Gasteiger partial charge in [-0.25, -0.2) is 4.39 Å². The first-order valence-corrected chi connectivity index (χ1v) is 4.39. The van der Waals surface area contributed by atoms with Crippen molar-refractivity contribution in [2.24, 2.45) is 0 Å². The lowest BCUT2D eigenvalue weighted by atomic mass is 10.5. The van der Waals surface area contributed by atoms with Gasteiger partial charge in [0, 0.05) is 18.3 Å². The van der Waals surface area contributed by atoms with Crippen molar-refractivity contribution in [3.05, 3.63) is 0 Å². The molecule has 0 radical (unpaired) electrons. The fourth-order valence-electron chi connectivity index (χ4n) is 0.455. The molecule has 1 unspecified atom stereocenters. The average molecular weight is 151 g/mol. The Morgan fingerprint density at radius 3 is 2.78 bits per heavy atom. The highest BCUT2D eigenvalue weighted by Crippen LogP contribution is 2.01. The van der Waals surface area contributed by atoms with Gasteiger partial charge in [-0.2, -0.15) is 11.8 Å². The highest BCUT2D eigenvalue weighted by molar-refractivity contribution is 7.99. The second kappa shape index (κ2) is 6.36. The molecule has 0 bridgehead atoms. The lowest BCUT2D eigenvalue weighted by molar-refractivity contribution is 0.468. The molecular weight excluding hydrogens is 137 g/mol. The van der Waals surface area contributed by atoms with Crippen LogP contribution in [-0.4, -0.2) is 31.3 Å². The molecule has 0 aromatic heterocycles. The van der Waals surface area contributed by atoms with Gasteiger partial charge in [-0.3, -0.25) is 0 Å². The van der Waals surface area contributed by atoms with Crippen LogP contribution >= 0.6 is 11.8 Å². The topological polar surface area (TPSA) is 12.0 Å². The molecule has 0 aromatic rings. The van der Waals surface area contributed by atoms with Crippen molar-refractivity contribution in [1.82, 2.24) is 5.32 Å². The number of hydrogen-bond donors (Lipinski definition) is 1. The summed E-state index contributed by atoms with van der Waals surface area (Å²) in [5, 5.41) is 3.58. The van der Waals surface area contributed by atoms with Gasteiger partial charge < -0.3 is 5.32 Å². The van der Waals surface area contributed by atoms with Gasteiger partial charge in [0.15, 0.2) is 0 Å². The monoisotopic (exact) mass is 151 g/mol. The van der Waals surface area contributed by atoms with E-state index in [1.807, 2.05) is 0 Å². The minimum absolute atomic E-state index is 0.263. The molecule has 9 heavy (non-hydrogen) atoms. The SMILES string of the molecule is CSC(C)CNCCF. The highest BCUT2D eigenvalue weighted by atomic mass is 32.2. The third kappa shape index (κ3) is 6.12. The Kier molecular flexibility index (Phi) is 6.53. The molecule has 0 amide bonds. The molecule has 0 spiro atoms. The minimum atomic E-state index is -0.263. The Morgan fingerprint density at radius 2 is 2.33 bits per heavy atom. The van der Waals surface area contributed by atoms with E-state index in [0.717, 1.165) is 6.54 Å². The van der Waals surface area contributed by atoms with Crippen molar-refractivity contribution in [1.29, 1.82) is 0 Å². The van der Waals surface area contributed by atoms with E-state index in [0.29, 0.717) is 11.8 Å². The zero-order valence-corrected chi connectivity index (χ0v) is 6.80. The van der Waals surface area contributed by atoms with Crippen molar-refractivity contribution in [2.75, 3.05) is 26.0 Å². The highest BCUT2D eigenvalue weighted by Gasteiger charge is 1.95. The molecule has 3 heteroatoms. The zero-order valence-electron chi connectivity index (χ0n) is 5.98. The molecule has 0 aromatic carbocycles. The summed E-state index contributed by atoms with van der Waals surface area (Å²) in [5.41, 5.74) is 0. The van der Waals surface area contributed by atoms with Crippen LogP contribution in [0.25, 0.3) is 0 Å². The summed E-state index contributed by atoms with van der Waals surface area (Å²) >= 11 is 1.79. The summed E-state index contributed by atoms with van der Waals surface area (Å²) < 4.78 is 11.5. The molecule has 0 saturated carbocycles. The first-order valence-electron chi connectivity index (χ1n) is 3.10. The van der Waals surface area contributed by atoms with Crippen molar-refractivity contribution < 1.29 is 4.39 Å². The van der Waals surface area contributed by atoms with Crippen LogP contribution < -0.4 is 5.32 Å². The summed E-state index contributed by atoms with van der Waals surface area (Å²) in [6.07, 6.45) is 2.06. The standard InChI is InChI=1S/C6H14FNS/c1-6(9-2)5-8-4-3-7/h6,8H,3-5H2,1-2H3. The largest absolute Gasteiger partial charge is 0.313 e. The van der Waals surface area contributed by atoms with E-state index >= 15 is 0 Å². The van der Waals surface area contributed by atoms with Gasteiger partial charge in [-0.05, 0) is 6.26 Å². The van der Waals surface area contributed by atoms with Crippen LogP contribution in [0.4, 0.5) is 4.39 Å². The van der Waals surface area contributed by atoms with Gasteiger partial charge in [-0.15, -0.1) is 0 Å². The second-order valence-corrected chi connectivity index (χ2v) is 3.22. The lowest BCUT2D eigenvalue weighted by Crippen LogP contribution is -2.24. The molecule has 0 aliphatic rings. The van der Waals surface area contributed by atoms with Crippen LogP contribution in [0.2, 0.25) is 0 Å². The number of halogens is 1. The van der Waals surface area contributed by atoms with E-state index in [2.05, 4.69) is 18.5 Å². The Hall–Kier alpha value is 0.240. The maximum Gasteiger partial charge on any atom is 0.102 e. The van der Waals surface area contributed by atoms with E-state index in [1.165, 1.54) is 0 Å². The van der Waals surface area contributed by atoms with Crippen LogP contribution in [-0.2, 0) is 0 Å². The van der Waals surface area contributed by atoms with E-state index in [1.54, 1.807) is 11.8 Å². The Balaban J connectivity index is 2.88. The summed E-state index contributed by atoms with van der Waals surface area (Å²) in [5.74, 6) is 0. The number of rotatable bonds is 5. The predicted octanol–water partition coefficient (Wildman–Crippen LogP) is 1.30. The maximum absolute atomic E-state index is 11.5. The Labute approximate surface area is 60.4 Å². The summed E-state index contributed by atoms with van der Waals surface area (Å²) in [4.78, 5) is 0. The van der Waals surface area contributed by atoms with Crippen LogP contribution in [0.15, 0.2) is 0 Å². The predicted molar refractivity (Wildman–Crippen MR) is 41.8 cm³/mol. The fraction of sp³-hybridized carbons (Fsp3) is 1.00. The van der Waals surface area contributed by atoms with E-state index < -0.39 is 0 Å². The molecule has 0 heterocycles. The van der Waals surface area contributed by atoms with Crippen molar-refractivity contribution in [3.8, 4) is 0 Å². The number of alkyl halides is 1. The molecule has 0 aliphatic heterocycles. The van der Waals surface area contributed by atoms with Gasteiger partial charge in [-0.1, -0.05) is 6.92 Å². The number of thioether (sulfide) groups is 1. The molecule has 0 aliphatic carbocycles. The van der Waals surface area contributed by atoms with Crippen LogP contribution in [0.5, 0.6) is 0 Å². The normalized spacial score (nSPS) is 13.7. The van der Waals surface area contributed by atoms with Crippen LogP contribution in [0, 0.1) is 0 Å². The number of hydrogen-bond acceptors (Lipinski definition) is 2. The van der Waals surface area contributed by atoms with Gasteiger partial charge >= 0.3 is 0 Å². The molecule has 0 saturated heterocycles. The van der Waals surface area contributed by atoms with Crippen molar-refractivity contribution >= 4 is 11.8 Å². The Morgan fingerprint density at radius 1 is 1.67 bits per heavy atom. The third-order valence-electron chi connectivity index (χ3n) is 1.11. The third-order valence-corrected chi connectivity index (χ3v) is 2.08. The summed E-state index contributed by atoms with van der Waals surface area (Å²) in [6, 6.07) is 0.